The van der Waals surface area contributed by atoms with Crippen molar-refractivity contribution in [2.24, 2.45) is 0 Å². The summed E-state index contributed by atoms with van der Waals surface area (Å²) in [6.45, 7) is 5.71. The number of sulfonamides is 1. The van der Waals surface area contributed by atoms with Crippen molar-refractivity contribution in [2.75, 3.05) is 33.8 Å². The molecular formula is C24H30ClN7O4S. The van der Waals surface area contributed by atoms with Crippen LogP contribution in [0.2, 0.25) is 5.02 Å². The monoisotopic (exact) mass is 547 g/mol. The maximum Gasteiger partial charge on any atom is 0.335 e. The van der Waals surface area contributed by atoms with Gasteiger partial charge in [-0.3, -0.25) is 4.57 Å². The van der Waals surface area contributed by atoms with E-state index in [9.17, 15) is 13.2 Å². The van der Waals surface area contributed by atoms with Crippen LogP contribution in [0, 0.1) is 0 Å². The molecule has 198 valence electrons. The SMILES string of the molecule is CCCOc1ccc(S(=O)(=O)N2CC(N(C)C)C2)cc1-c1[nH]c2c(c1Cl)n(CCC)c(=O)n1cnnc21. The van der Waals surface area contributed by atoms with Gasteiger partial charge in [-0.05, 0) is 45.1 Å². The molecule has 0 spiro atoms. The minimum Gasteiger partial charge on any atom is -0.493 e. The summed E-state index contributed by atoms with van der Waals surface area (Å²) in [6, 6.07) is 5.00. The summed E-state index contributed by atoms with van der Waals surface area (Å²) in [4.78, 5) is 18.6. The van der Waals surface area contributed by atoms with Crippen LogP contribution in [0.3, 0.4) is 0 Å². The number of H-pyrrole nitrogens is 1. The fraction of sp³-hybridized carbons (Fsp3) is 0.458. The van der Waals surface area contributed by atoms with E-state index in [0.717, 1.165) is 6.42 Å². The lowest BCUT2D eigenvalue weighted by atomic mass is 10.1. The first kappa shape index (κ1) is 25.7. The molecule has 1 aliphatic heterocycles. The van der Waals surface area contributed by atoms with Gasteiger partial charge in [-0.15, -0.1) is 10.2 Å². The number of hydrogen-bond acceptors (Lipinski definition) is 7. The molecule has 3 aromatic heterocycles. The van der Waals surface area contributed by atoms with Crippen molar-refractivity contribution in [3.05, 3.63) is 40.0 Å². The van der Waals surface area contributed by atoms with E-state index >= 15 is 0 Å². The predicted molar refractivity (Wildman–Crippen MR) is 142 cm³/mol. The molecule has 0 aliphatic carbocycles. The second kappa shape index (κ2) is 9.75. The quantitative estimate of drug-likeness (QED) is 0.342. The molecule has 0 radical (unpaired) electrons. The third-order valence-electron chi connectivity index (χ3n) is 6.72. The van der Waals surface area contributed by atoms with Gasteiger partial charge in [-0.1, -0.05) is 25.4 Å². The first-order chi connectivity index (χ1) is 17.7. The first-order valence-corrected chi connectivity index (χ1v) is 14.1. The number of aryl methyl sites for hydroxylation is 1. The Morgan fingerprint density at radius 1 is 1.22 bits per heavy atom. The van der Waals surface area contributed by atoms with Gasteiger partial charge in [0.1, 0.15) is 17.6 Å². The van der Waals surface area contributed by atoms with E-state index in [0.29, 0.717) is 71.4 Å². The first-order valence-electron chi connectivity index (χ1n) is 12.3. The lowest BCUT2D eigenvalue weighted by Crippen LogP contribution is -2.58. The van der Waals surface area contributed by atoms with Crippen molar-refractivity contribution in [1.29, 1.82) is 0 Å². The number of hydrogen-bond donors (Lipinski definition) is 1. The second-order valence-corrected chi connectivity index (χ2v) is 11.8. The molecule has 0 unspecified atom stereocenters. The molecule has 0 atom stereocenters. The van der Waals surface area contributed by atoms with Crippen molar-refractivity contribution in [2.45, 2.75) is 44.2 Å². The Kier molecular flexibility index (Phi) is 6.77. The molecule has 11 nitrogen and oxygen atoms in total. The summed E-state index contributed by atoms with van der Waals surface area (Å²) >= 11 is 6.93. The largest absolute Gasteiger partial charge is 0.493 e. The number of benzene rings is 1. The van der Waals surface area contributed by atoms with Crippen LogP contribution in [0.5, 0.6) is 5.75 Å². The van der Waals surface area contributed by atoms with Crippen LogP contribution in [-0.2, 0) is 16.6 Å². The zero-order valence-corrected chi connectivity index (χ0v) is 22.8. The number of aromatic nitrogens is 5. The molecule has 13 heteroatoms. The lowest BCUT2D eigenvalue weighted by Gasteiger charge is -2.41. The third-order valence-corrected chi connectivity index (χ3v) is 8.91. The Morgan fingerprint density at radius 2 is 1.97 bits per heavy atom. The zero-order chi connectivity index (χ0) is 26.5. The fourth-order valence-corrected chi connectivity index (χ4v) is 6.45. The van der Waals surface area contributed by atoms with Gasteiger partial charge in [0, 0.05) is 31.2 Å². The number of likely N-dealkylation sites (N-methyl/N-ethyl adjacent to an activating group) is 1. The van der Waals surface area contributed by atoms with Crippen LogP contribution < -0.4 is 10.4 Å². The van der Waals surface area contributed by atoms with E-state index in [1.807, 2.05) is 32.8 Å². The second-order valence-electron chi connectivity index (χ2n) is 9.44. The van der Waals surface area contributed by atoms with Gasteiger partial charge >= 0.3 is 5.69 Å². The number of fused-ring (bicyclic) bond motifs is 3. The Labute approximate surface area is 219 Å². The van der Waals surface area contributed by atoms with Crippen molar-refractivity contribution >= 4 is 38.3 Å². The molecule has 37 heavy (non-hydrogen) atoms. The van der Waals surface area contributed by atoms with Gasteiger partial charge in [0.15, 0.2) is 5.65 Å². The van der Waals surface area contributed by atoms with Crippen LogP contribution in [0.25, 0.3) is 27.9 Å². The highest BCUT2D eigenvalue weighted by molar-refractivity contribution is 7.89. The Balaban J connectivity index is 1.70. The fourth-order valence-electron chi connectivity index (χ4n) is 4.56. The summed E-state index contributed by atoms with van der Waals surface area (Å²) in [5.41, 5.74) is 2.03. The lowest BCUT2D eigenvalue weighted by molar-refractivity contribution is 0.134. The zero-order valence-electron chi connectivity index (χ0n) is 21.2. The Morgan fingerprint density at radius 3 is 2.65 bits per heavy atom. The van der Waals surface area contributed by atoms with Crippen LogP contribution in [-0.4, -0.2) is 81.6 Å². The number of halogens is 1. The smallest absolute Gasteiger partial charge is 0.335 e. The highest BCUT2D eigenvalue weighted by Crippen LogP contribution is 2.41. The van der Waals surface area contributed by atoms with Crippen LogP contribution in [0.15, 0.2) is 34.2 Å². The highest BCUT2D eigenvalue weighted by atomic mass is 35.5. The van der Waals surface area contributed by atoms with Crippen molar-refractivity contribution < 1.29 is 13.2 Å². The van der Waals surface area contributed by atoms with Gasteiger partial charge in [0.2, 0.25) is 10.0 Å². The molecule has 4 aromatic rings. The maximum atomic E-state index is 13.4. The summed E-state index contributed by atoms with van der Waals surface area (Å²) in [5, 5.41) is 8.32. The summed E-state index contributed by atoms with van der Waals surface area (Å²) in [5.74, 6) is 0.492. The molecule has 4 heterocycles. The van der Waals surface area contributed by atoms with Crippen LogP contribution in [0.4, 0.5) is 0 Å². The van der Waals surface area contributed by atoms with E-state index in [4.69, 9.17) is 16.3 Å². The molecule has 1 fully saturated rings. The molecule has 0 saturated carbocycles. The molecular weight excluding hydrogens is 518 g/mol. The average Bonchev–Trinajstić information content (AvgIpc) is 3.44. The number of nitrogens with zero attached hydrogens (tertiary/aromatic N) is 6. The molecule has 1 aliphatic rings. The van der Waals surface area contributed by atoms with Gasteiger partial charge in [-0.2, -0.15) is 4.31 Å². The standard InChI is InChI=1S/C24H30ClN7O4S/c1-5-9-31-22-19(25)20(27-21(22)23-28-26-14-32(23)24(31)33)17-11-16(7-8-18(17)36-10-6-2)37(34,35)30-12-15(13-30)29(3)4/h7-8,11,14-15,27H,5-6,9-10,12-13H2,1-4H3. The van der Waals surface area contributed by atoms with Gasteiger partial charge in [-0.25, -0.2) is 17.6 Å². The van der Waals surface area contributed by atoms with Crippen LogP contribution in [0.1, 0.15) is 26.7 Å². The predicted octanol–water partition coefficient (Wildman–Crippen LogP) is 2.83. The molecule has 1 saturated heterocycles. The molecule has 1 aromatic carbocycles. The molecule has 5 rings (SSSR count). The van der Waals surface area contributed by atoms with E-state index in [1.54, 1.807) is 22.8 Å². The Hall–Kier alpha value is -2.93. The van der Waals surface area contributed by atoms with Crippen molar-refractivity contribution in [3.63, 3.8) is 0 Å². The molecule has 0 amide bonds. The summed E-state index contributed by atoms with van der Waals surface area (Å²) in [7, 11) is 0.163. The number of nitrogens with one attached hydrogen (secondary N) is 1. The third kappa shape index (κ3) is 4.21. The van der Waals surface area contributed by atoms with E-state index < -0.39 is 10.0 Å². The normalized spacial score (nSPS) is 15.2. The average molecular weight is 548 g/mol. The number of aromatic amines is 1. The highest BCUT2D eigenvalue weighted by Gasteiger charge is 2.38. The van der Waals surface area contributed by atoms with Crippen molar-refractivity contribution in [1.82, 2.24) is 33.4 Å². The molecule has 1 N–H and O–H groups in total. The molecule has 0 bridgehead atoms. The maximum absolute atomic E-state index is 13.4. The van der Waals surface area contributed by atoms with E-state index in [-0.39, 0.29) is 16.6 Å². The van der Waals surface area contributed by atoms with Gasteiger partial charge < -0.3 is 14.6 Å². The number of ether oxygens (including phenoxy) is 1. The number of rotatable bonds is 9. The Bertz CT molecular complexity index is 1630. The summed E-state index contributed by atoms with van der Waals surface area (Å²) < 4.78 is 37.3. The van der Waals surface area contributed by atoms with Crippen molar-refractivity contribution in [3.8, 4) is 17.0 Å². The van der Waals surface area contributed by atoms with Crippen LogP contribution >= 0.6 is 11.6 Å². The van der Waals surface area contributed by atoms with E-state index in [2.05, 4.69) is 15.2 Å². The topological polar surface area (TPSA) is 118 Å². The minimum atomic E-state index is -3.72. The van der Waals surface area contributed by atoms with Gasteiger partial charge in [0.25, 0.3) is 0 Å². The summed E-state index contributed by atoms with van der Waals surface area (Å²) in [6.07, 6.45) is 2.85. The van der Waals surface area contributed by atoms with Gasteiger partial charge in [0.05, 0.1) is 27.7 Å². The van der Waals surface area contributed by atoms with E-state index in [1.165, 1.54) is 15.0 Å². The minimum absolute atomic E-state index is 0.150.